The first-order chi connectivity index (χ1) is 8.56. The molecule has 1 N–H and O–H groups in total. The molecule has 1 unspecified atom stereocenters. The molecule has 3 heteroatoms. The molecule has 0 bridgehead atoms. The van der Waals surface area contributed by atoms with Gasteiger partial charge in [-0.3, -0.25) is 0 Å². The van der Waals surface area contributed by atoms with E-state index in [9.17, 15) is 4.39 Å². The van der Waals surface area contributed by atoms with E-state index in [2.05, 4.69) is 21.2 Å². The first-order valence-electron chi connectivity index (χ1n) is 5.84. The molecule has 0 spiro atoms. The van der Waals surface area contributed by atoms with E-state index in [1.54, 1.807) is 12.1 Å². The van der Waals surface area contributed by atoms with Gasteiger partial charge in [-0.15, -0.1) is 0 Å². The Kier molecular flexibility index (Phi) is 4.02. The highest BCUT2D eigenvalue weighted by molar-refractivity contribution is 9.10. The Morgan fingerprint density at radius 3 is 2.61 bits per heavy atom. The van der Waals surface area contributed by atoms with Crippen LogP contribution in [0.15, 0.2) is 46.9 Å². The lowest BCUT2D eigenvalue weighted by molar-refractivity contribution is 0.623. The van der Waals surface area contributed by atoms with E-state index in [0.29, 0.717) is 0 Å². The van der Waals surface area contributed by atoms with Crippen LogP contribution in [0.3, 0.4) is 0 Å². The minimum atomic E-state index is -0.203. The summed E-state index contributed by atoms with van der Waals surface area (Å²) in [5.74, 6) is -0.203. The Labute approximate surface area is 115 Å². The van der Waals surface area contributed by atoms with E-state index in [4.69, 9.17) is 0 Å². The third-order valence-electron chi connectivity index (χ3n) is 2.90. The highest BCUT2D eigenvalue weighted by Gasteiger charge is 2.06. The first kappa shape index (κ1) is 13.1. The van der Waals surface area contributed by atoms with Gasteiger partial charge in [0.05, 0.1) is 0 Å². The van der Waals surface area contributed by atoms with Crippen LogP contribution in [-0.4, -0.2) is 0 Å². The standard InChI is InChI=1S/C15H15BrFN/c1-10-6-7-14(9-15(10)16)18-11(2)12-4-3-5-13(17)8-12/h3-9,11,18H,1-2H3. The molecule has 0 fully saturated rings. The van der Waals surface area contributed by atoms with Crippen molar-refractivity contribution < 1.29 is 4.39 Å². The summed E-state index contributed by atoms with van der Waals surface area (Å²) in [4.78, 5) is 0. The van der Waals surface area contributed by atoms with Gasteiger partial charge in [-0.25, -0.2) is 4.39 Å². The summed E-state index contributed by atoms with van der Waals surface area (Å²) in [6.07, 6.45) is 0. The number of anilines is 1. The van der Waals surface area contributed by atoms with E-state index in [-0.39, 0.29) is 11.9 Å². The van der Waals surface area contributed by atoms with Crippen molar-refractivity contribution in [3.05, 3.63) is 63.9 Å². The van der Waals surface area contributed by atoms with Crippen molar-refractivity contribution in [3.8, 4) is 0 Å². The third kappa shape index (κ3) is 3.10. The van der Waals surface area contributed by atoms with Crippen LogP contribution in [0.4, 0.5) is 10.1 Å². The van der Waals surface area contributed by atoms with Gasteiger partial charge in [0.25, 0.3) is 0 Å². The quantitative estimate of drug-likeness (QED) is 0.834. The second kappa shape index (κ2) is 5.53. The molecule has 0 aromatic heterocycles. The molecule has 0 aliphatic rings. The predicted molar refractivity (Wildman–Crippen MR) is 77.3 cm³/mol. The molecule has 1 atom stereocenters. The molecule has 0 heterocycles. The number of aryl methyl sites for hydroxylation is 1. The highest BCUT2D eigenvalue weighted by Crippen LogP contribution is 2.24. The van der Waals surface area contributed by atoms with Gasteiger partial charge in [-0.1, -0.05) is 34.1 Å². The molecule has 2 rings (SSSR count). The maximum atomic E-state index is 13.1. The van der Waals surface area contributed by atoms with E-state index in [1.807, 2.05) is 38.1 Å². The Balaban J connectivity index is 2.16. The topological polar surface area (TPSA) is 12.0 Å². The van der Waals surface area contributed by atoms with Gasteiger partial charge >= 0.3 is 0 Å². The lowest BCUT2D eigenvalue weighted by atomic mass is 10.1. The maximum absolute atomic E-state index is 13.1. The largest absolute Gasteiger partial charge is 0.378 e. The Hall–Kier alpha value is -1.35. The minimum Gasteiger partial charge on any atom is -0.378 e. The smallest absolute Gasteiger partial charge is 0.123 e. The molecule has 0 aliphatic carbocycles. The fraction of sp³-hybridized carbons (Fsp3) is 0.200. The minimum absolute atomic E-state index is 0.0651. The zero-order chi connectivity index (χ0) is 13.1. The van der Waals surface area contributed by atoms with Crippen molar-refractivity contribution >= 4 is 21.6 Å². The zero-order valence-electron chi connectivity index (χ0n) is 10.4. The van der Waals surface area contributed by atoms with Crippen molar-refractivity contribution in [1.82, 2.24) is 0 Å². The molecule has 0 saturated heterocycles. The van der Waals surface area contributed by atoms with Gasteiger partial charge in [-0.2, -0.15) is 0 Å². The number of hydrogen-bond acceptors (Lipinski definition) is 1. The monoisotopic (exact) mass is 307 g/mol. The molecule has 2 aromatic rings. The number of benzene rings is 2. The zero-order valence-corrected chi connectivity index (χ0v) is 12.0. The van der Waals surface area contributed by atoms with Crippen LogP contribution in [0, 0.1) is 12.7 Å². The summed E-state index contributed by atoms with van der Waals surface area (Å²) in [5.41, 5.74) is 3.15. The van der Waals surface area contributed by atoms with Gasteiger partial charge in [0.15, 0.2) is 0 Å². The summed E-state index contributed by atoms with van der Waals surface area (Å²) in [6.45, 7) is 4.06. The van der Waals surface area contributed by atoms with Gasteiger partial charge in [0.2, 0.25) is 0 Å². The van der Waals surface area contributed by atoms with Crippen LogP contribution in [0.5, 0.6) is 0 Å². The summed E-state index contributed by atoms with van der Waals surface area (Å²) in [6, 6.07) is 12.8. The van der Waals surface area contributed by atoms with Crippen LogP contribution in [0.25, 0.3) is 0 Å². The van der Waals surface area contributed by atoms with E-state index in [1.165, 1.54) is 11.6 Å². The summed E-state index contributed by atoms with van der Waals surface area (Å²) >= 11 is 3.50. The Morgan fingerprint density at radius 2 is 1.94 bits per heavy atom. The molecule has 94 valence electrons. The van der Waals surface area contributed by atoms with Gasteiger partial charge < -0.3 is 5.32 Å². The lowest BCUT2D eigenvalue weighted by Gasteiger charge is -2.16. The fourth-order valence-corrected chi connectivity index (χ4v) is 2.17. The van der Waals surface area contributed by atoms with Crippen LogP contribution in [-0.2, 0) is 0 Å². The fourth-order valence-electron chi connectivity index (χ4n) is 1.79. The van der Waals surface area contributed by atoms with Crippen molar-refractivity contribution in [2.45, 2.75) is 19.9 Å². The first-order valence-corrected chi connectivity index (χ1v) is 6.64. The van der Waals surface area contributed by atoms with Crippen LogP contribution >= 0.6 is 15.9 Å². The molecular weight excluding hydrogens is 293 g/mol. The van der Waals surface area contributed by atoms with Gasteiger partial charge in [0, 0.05) is 16.2 Å². The van der Waals surface area contributed by atoms with Crippen molar-refractivity contribution in [2.75, 3.05) is 5.32 Å². The number of rotatable bonds is 3. The molecule has 18 heavy (non-hydrogen) atoms. The van der Waals surface area contributed by atoms with Crippen LogP contribution in [0.2, 0.25) is 0 Å². The van der Waals surface area contributed by atoms with E-state index >= 15 is 0 Å². The van der Waals surface area contributed by atoms with E-state index in [0.717, 1.165) is 15.7 Å². The van der Waals surface area contributed by atoms with Crippen molar-refractivity contribution in [1.29, 1.82) is 0 Å². The van der Waals surface area contributed by atoms with Crippen LogP contribution < -0.4 is 5.32 Å². The number of hydrogen-bond donors (Lipinski definition) is 1. The molecule has 2 aromatic carbocycles. The molecule has 0 aliphatic heterocycles. The normalized spacial score (nSPS) is 12.2. The molecule has 0 saturated carbocycles. The van der Waals surface area contributed by atoms with Crippen molar-refractivity contribution in [3.63, 3.8) is 0 Å². The predicted octanol–water partition coefficient (Wildman–Crippen LogP) is 5.07. The summed E-state index contributed by atoms with van der Waals surface area (Å²) in [5, 5.41) is 3.36. The molecular formula is C15H15BrFN. The summed E-state index contributed by atoms with van der Waals surface area (Å²) in [7, 11) is 0. The Bertz CT molecular complexity index is 554. The molecule has 0 amide bonds. The average molecular weight is 308 g/mol. The second-order valence-electron chi connectivity index (χ2n) is 4.38. The van der Waals surface area contributed by atoms with E-state index < -0.39 is 0 Å². The third-order valence-corrected chi connectivity index (χ3v) is 3.76. The van der Waals surface area contributed by atoms with Crippen LogP contribution in [0.1, 0.15) is 24.1 Å². The van der Waals surface area contributed by atoms with Gasteiger partial charge in [-0.05, 0) is 49.2 Å². The average Bonchev–Trinajstić information content (AvgIpc) is 2.34. The highest BCUT2D eigenvalue weighted by atomic mass is 79.9. The second-order valence-corrected chi connectivity index (χ2v) is 5.24. The van der Waals surface area contributed by atoms with Gasteiger partial charge in [0.1, 0.15) is 5.82 Å². The lowest BCUT2D eigenvalue weighted by Crippen LogP contribution is -2.06. The SMILES string of the molecule is Cc1ccc(NC(C)c2cccc(F)c2)cc1Br. The number of nitrogens with one attached hydrogen (secondary N) is 1. The van der Waals surface area contributed by atoms with Crippen molar-refractivity contribution in [2.24, 2.45) is 0 Å². The number of halogens is 2. The molecule has 1 nitrogen and oxygen atoms in total. The maximum Gasteiger partial charge on any atom is 0.123 e. The molecule has 0 radical (unpaired) electrons. The Morgan fingerprint density at radius 1 is 1.17 bits per heavy atom. The summed E-state index contributed by atoms with van der Waals surface area (Å²) < 4.78 is 14.2.